The van der Waals surface area contributed by atoms with Gasteiger partial charge in [-0.05, 0) is 18.4 Å². The van der Waals surface area contributed by atoms with Crippen LogP contribution in [0.3, 0.4) is 0 Å². The molecule has 3 aromatic rings. The number of carbonyl (C=O) groups is 1. The van der Waals surface area contributed by atoms with Crippen molar-refractivity contribution in [2.45, 2.75) is 5.03 Å². The molecule has 94 valence electrons. The zero-order valence-electron chi connectivity index (χ0n) is 10.4. The topological polar surface area (TPSA) is 34.4 Å². The molecule has 0 saturated heterocycles. The Hall–Kier alpha value is -2.07. The lowest BCUT2D eigenvalue weighted by atomic mass is 10.0. The number of carbonyl (C=O) groups excluding carboxylic acids is 1. The number of fused-ring (bicyclic) bond motifs is 1. The third-order valence-electron chi connectivity index (χ3n) is 2.96. The molecular weight excluding hydrogens is 256 g/mol. The smallest absolute Gasteiger partial charge is 0.197 e. The van der Waals surface area contributed by atoms with E-state index in [0.717, 1.165) is 10.5 Å². The number of thioether (sulfide) groups is 1. The second kappa shape index (κ2) is 4.90. The van der Waals surface area contributed by atoms with Crippen LogP contribution in [0, 0.1) is 0 Å². The van der Waals surface area contributed by atoms with E-state index >= 15 is 0 Å². The molecule has 2 heterocycles. The van der Waals surface area contributed by atoms with Crippen LogP contribution in [0.4, 0.5) is 0 Å². The van der Waals surface area contributed by atoms with Crippen molar-refractivity contribution in [3.05, 3.63) is 65.9 Å². The molecule has 0 amide bonds. The Labute approximate surface area is 115 Å². The predicted molar refractivity (Wildman–Crippen MR) is 76.8 cm³/mol. The van der Waals surface area contributed by atoms with Crippen molar-refractivity contribution in [1.29, 1.82) is 0 Å². The van der Waals surface area contributed by atoms with Gasteiger partial charge in [0.2, 0.25) is 0 Å². The summed E-state index contributed by atoms with van der Waals surface area (Å²) in [5, 5.41) is 5.20. The number of hydrogen-bond acceptors (Lipinski definition) is 3. The summed E-state index contributed by atoms with van der Waals surface area (Å²) in [6.45, 7) is 0. The molecule has 0 atom stereocenters. The van der Waals surface area contributed by atoms with Gasteiger partial charge in [-0.1, -0.05) is 36.4 Å². The molecule has 0 bridgehead atoms. The Balaban J connectivity index is 2.21. The van der Waals surface area contributed by atoms with E-state index < -0.39 is 0 Å². The van der Waals surface area contributed by atoms with Crippen LogP contribution in [0.25, 0.3) is 5.52 Å². The van der Waals surface area contributed by atoms with Crippen molar-refractivity contribution >= 4 is 23.1 Å². The van der Waals surface area contributed by atoms with Crippen molar-refractivity contribution in [1.82, 2.24) is 9.61 Å². The number of benzene rings is 1. The van der Waals surface area contributed by atoms with E-state index in [2.05, 4.69) is 5.10 Å². The molecule has 0 aliphatic heterocycles. The average Bonchev–Trinajstić information content (AvgIpc) is 2.86. The van der Waals surface area contributed by atoms with E-state index in [9.17, 15) is 4.79 Å². The van der Waals surface area contributed by atoms with E-state index in [1.165, 1.54) is 11.8 Å². The number of pyridine rings is 1. The van der Waals surface area contributed by atoms with Crippen LogP contribution in [-0.2, 0) is 0 Å². The minimum absolute atomic E-state index is 0.0196. The Morgan fingerprint density at radius 2 is 1.84 bits per heavy atom. The summed E-state index contributed by atoms with van der Waals surface area (Å²) in [5.41, 5.74) is 2.22. The molecule has 0 unspecified atom stereocenters. The molecule has 3 nitrogen and oxygen atoms in total. The molecule has 4 heteroatoms. The highest BCUT2D eigenvalue weighted by atomic mass is 32.2. The standard InChI is InChI=1S/C15H12N2OS/c1-19-15-13(12-9-5-6-10-17(12)16-15)14(18)11-7-3-2-4-8-11/h2-10H,1H3. The molecule has 0 spiro atoms. The van der Waals surface area contributed by atoms with Crippen molar-refractivity contribution < 1.29 is 4.79 Å². The van der Waals surface area contributed by atoms with Crippen LogP contribution < -0.4 is 0 Å². The summed E-state index contributed by atoms with van der Waals surface area (Å²) in [7, 11) is 0. The quantitative estimate of drug-likeness (QED) is 0.540. The van der Waals surface area contributed by atoms with E-state index in [1.807, 2.05) is 61.0 Å². The Kier molecular flexibility index (Phi) is 3.09. The second-order valence-corrected chi connectivity index (χ2v) is 4.90. The lowest BCUT2D eigenvalue weighted by molar-refractivity contribution is 0.103. The number of rotatable bonds is 3. The molecule has 0 N–H and O–H groups in total. The van der Waals surface area contributed by atoms with Gasteiger partial charge < -0.3 is 0 Å². The molecule has 0 aliphatic carbocycles. The van der Waals surface area contributed by atoms with Crippen molar-refractivity contribution in [2.75, 3.05) is 6.26 Å². The number of aromatic nitrogens is 2. The van der Waals surface area contributed by atoms with Crippen LogP contribution >= 0.6 is 11.8 Å². The fourth-order valence-corrected chi connectivity index (χ4v) is 2.64. The van der Waals surface area contributed by atoms with E-state index in [4.69, 9.17) is 0 Å². The monoisotopic (exact) mass is 268 g/mol. The number of ketones is 1. The summed E-state index contributed by atoms with van der Waals surface area (Å²) in [6.07, 6.45) is 3.79. The zero-order valence-corrected chi connectivity index (χ0v) is 11.2. The summed E-state index contributed by atoms with van der Waals surface area (Å²) in [6, 6.07) is 15.1. The van der Waals surface area contributed by atoms with E-state index in [1.54, 1.807) is 4.52 Å². The molecule has 0 aliphatic rings. The predicted octanol–water partition coefficient (Wildman–Crippen LogP) is 3.29. The minimum atomic E-state index is 0.0196. The summed E-state index contributed by atoms with van der Waals surface area (Å²) >= 11 is 1.49. The van der Waals surface area contributed by atoms with Gasteiger partial charge in [0.05, 0.1) is 11.1 Å². The maximum atomic E-state index is 12.6. The van der Waals surface area contributed by atoms with Gasteiger partial charge in [0.25, 0.3) is 0 Å². The first-order valence-corrected chi connectivity index (χ1v) is 7.15. The van der Waals surface area contributed by atoms with Crippen molar-refractivity contribution in [3.8, 4) is 0 Å². The highest BCUT2D eigenvalue weighted by molar-refractivity contribution is 7.98. The van der Waals surface area contributed by atoms with Gasteiger partial charge >= 0.3 is 0 Å². The zero-order chi connectivity index (χ0) is 13.2. The fourth-order valence-electron chi connectivity index (χ4n) is 2.07. The Morgan fingerprint density at radius 3 is 2.58 bits per heavy atom. The maximum Gasteiger partial charge on any atom is 0.197 e. The Morgan fingerprint density at radius 1 is 1.11 bits per heavy atom. The summed E-state index contributed by atoms with van der Waals surface area (Å²) in [4.78, 5) is 12.6. The second-order valence-electron chi connectivity index (χ2n) is 4.11. The molecule has 19 heavy (non-hydrogen) atoms. The van der Waals surface area contributed by atoms with Gasteiger partial charge in [-0.3, -0.25) is 4.79 Å². The highest BCUT2D eigenvalue weighted by Crippen LogP contribution is 2.26. The molecule has 0 radical (unpaired) electrons. The van der Waals surface area contributed by atoms with Gasteiger partial charge in [-0.25, -0.2) is 4.52 Å². The highest BCUT2D eigenvalue weighted by Gasteiger charge is 2.19. The van der Waals surface area contributed by atoms with Crippen molar-refractivity contribution in [2.24, 2.45) is 0 Å². The normalized spacial score (nSPS) is 10.8. The van der Waals surface area contributed by atoms with Crippen LogP contribution in [0.5, 0.6) is 0 Å². The van der Waals surface area contributed by atoms with Crippen LogP contribution in [0.15, 0.2) is 59.8 Å². The first-order valence-electron chi connectivity index (χ1n) is 5.92. The molecule has 0 saturated carbocycles. The average molecular weight is 268 g/mol. The van der Waals surface area contributed by atoms with E-state index in [-0.39, 0.29) is 5.78 Å². The van der Waals surface area contributed by atoms with Crippen LogP contribution in [0.1, 0.15) is 15.9 Å². The lowest BCUT2D eigenvalue weighted by Crippen LogP contribution is -2.01. The van der Waals surface area contributed by atoms with Gasteiger partial charge in [0, 0.05) is 11.8 Å². The molecule has 1 aromatic carbocycles. The Bertz CT molecular complexity index is 734. The molecule has 3 rings (SSSR count). The third-order valence-corrected chi connectivity index (χ3v) is 3.64. The van der Waals surface area contributed by atoms with Gasteiger partial charge in [0.15, 0.2) is 5.78 Å². The van der Waals surface area contributed by atoms with Crippen LogP contribution in [0.2, 0.25) is 0 Å². The largest absolute Gasteiger partial charge is 0.288 e. The number of nitrogens with zero attached hydrogens (tertiary/aromatic N) is 2. The number of hydrogen-bond donors (Lipinski definition) is 0. The molecule has 2 aromatic heterocycles. The third kappa shape index (κ3) is 2.04. The SMILES string of the molecule is CSc1nn2ccccc2c1C(=O)c1ccccc1. The molecule has 0 fully saturated rings. The first kappa shape index (κ1) is 12.0. The van der Waals surface area contributed by atoms with Gasteiger partial charge in [0.1, 0.15) is 5.03 Å². The van der Waals surface area contributed by atoms with Crippen molar-refractivity contribution in [3.63, 3.8) is 0 Å². The summed E-state index contributed by atoms with van der Waals surface area (Å²) in [5.74, 6) is 0.0196. The first-order chi connectivity index (χ1) is 9.31. The lowest BCUT2D eigenvalue weighted by Gasteiger charge is -2.00. The van der Waals surface area contributed by atoms with Gasteiger partial charge in [-0.2, -0.15) is 5.10 Å². The minimum Gasteiger partial charge on any atom is -0.288 e. The van der Waals surface area contributed by atoms with Crippen LogP contribution in [-0.4, -0.2) is 21.7 Å². The molecular formula is C15H12N2OS. The summed E-state index contributed by atoms with van der Waals surface area (Å²) < 4.78 is 1.75. The maximum absolute atomic E-state index is 12.6. The van der Waals surface area contributed by atoms with Gasteiger partial charge in [-0.15, -0.1) is 11.8 Å². The van der Waals surface area contributed by atoms with E-state index in [0.29, 0.717) is 11.1 Å². The fraction of sp³-hybridized carbons (Fsp3) is 0.0667.